The van der Waals surface area contributed by atoms with Crippen molar-refractivity contribution in [3.05, 3.63) is 16.7 Å². The van der Waals surface area contributed by atoms with E-state index in [4.69, 9.17) is 37.1 Å². The Morgan fingerprint density at radius 1 is 1.20 bits per heavy atom. The number of anilines is 2. The number of H-pyrrole nitrogens is 1. The molecule has 2 saturated heterocycles. The van der Waals surface area contributed by atoms with E-state index in [1.54, 1.807) is 0 Å². The first-order valence-electron chi connectivity index (χ1n) is 11.9. The predicted molar refractivity (Wildman–Crippen MR) is 143 cm³/mol. The molecule has 41 heavy (non-hydrogen) atoms. The van der Waals surface area contributed by atoms with Crippen LogP contribution in [0, 0.1) is 0 Å². The summed E-state index contributed by atoms with van der Waals surface area (Å²) >= 11 is 6.24. The predicted octanol–water partition coefficient (Wildman–Crippen LogP) is -2.85. The normalized spacial score (nSPS) is 29.9. The molecule has 0 aliphatic carbocycles. The molecule has 23 heteroatoms. The summed E-state index contributed by atoms with van der Waals surface area (Å²) in [6.07, 6.45) is -4.02. The lowest BCUT2D eigenvalue weighted by Crippen LogP contribution is -2.35. The molecule has 8 atom stereocenters. The molecule has 0 spiro atoms. The van der Waals surface area contributed by atoms with Crippen molar-refractivity contribution in [1.82, 2.24) is 49.9 Å². The molecule has 6 heterocycles. The molecule has 0 saturated carbocycles. The number of aromatic amines is 1. The fourth-order valence-electron chi connectivity index (χ4n) is 4.55. The Labute approximate surface area is 237 Å². The minimum Gasteiger partial charge on any atom is -0.395 e. The number of hydrogen-bond acceptors (Lipinski definition) is 18. The standard InChI is InChI=1S/C18H23N12O8PS2/c19-13-9-14(22-4-21-13)29(27-25-9)8-1-5(32)6(37-8)3-36-39(35,40)38-12-11(33)7(2-31)41-17(12)30-15-10(26-28-30)16(34)24-18(20)23-15/h4-8,11-12,17,31-33H,1-3H2,(H,35,40)(H2,19,21,22)(H3,20,23,24,34)/t5-,6+,7+,8+,11+,12+,17+,39?/m0/s1. The van der Waals surface area contributed by atoms with Crippen LogP contribution in [0.4, 0.5) is 11.8 Å². The molecule has 9 N–H and O–H groups in total. The summed E-state index contributed by atoms with van der Waals surface area (Å²) in [5, 5.41) is 45.2. The zero-order chi connectivity index (χ0) is 29.1. The molecule has 1 unspecified atom stereocenters. The van der Waals surface area contributed by atoms with Gasteiger partial charge in [0.1, 0.15) is 23.9 Å². The van der Waals surface area contributed by atoms with Crippen LogP contribution in [0.15, 0.2) is 11.1 Å². The van der Waals surface area contributed by atoms with E-state index in [9.17, 15) is 25.0 Å². The zero-order valence-electron chi connectivity index (χ0n) is 20.6. The van der Waals surface area contributed by atoms with Gasteiger partial charge in [0.15, 0.2) is 34.4 Å². The molecule has 220 valence electrons. The number of nitrogen functional groups attached to an aromatic ring is 2. The van der Waals surface area contributed by atoms with Gasteiger partial charge in [-0.05, 0) is 11.8 Å². The van der Waals surface area contributed by atoms with Gasteiger partial charge in [-0.15, -0.1) is 22.0 Å². The van der Waals surface area contributed by atoms with E-state index in [-0.39, 0.29) is 41.5 Å². The van der Waals surface area contributed by atoms with Gasteiger partial charge in [-0.25, -0.2) is 14.6 Å². The number of aliphatic hydroxyl groups excluding tert-OH is 3. The van der Waals surface area contributed by atoms with Crippen LogP contribution in [-0.2, 0) is 25.6 Å². The third-order valence-corrected chi connectivity index (χ3v) is 9.59. The third kappa shape index (κ3) is 5.16. The van der Waals surface area contributed by atoms with Crippen LogP contribution in [0.5, 0.6) is 0 Å². The van der Waals surface area contributed by atoms with E-state index >= 15 is 0 Å². The van der Waals surface area contributed by atoms with Crippen molar-refractivity contribution in [2.45, 2.75) is 47.7 Å². The van der Waals surface area contributed by atoms with Crippen LogP contribution in [0.3, 0.4) is 0 Å². The van der Waals surface area contributed by atoms with E-state index in [1.165, 1.54) is 15.7 Å². The van der Waals surface area contributed by atoms with E-state index in [1.807, 2.05) is 0 Å². The van der Waals surface area contributed by atoms with E-state index in [2.05, 4.69) is 40.6 Å². The van der Waals surface area contributed by atoms with Gasteiger partial charge >= 0.3 is 6.72 Å². The first-order chi connectivity index (χ1) is 19.6. The van der Waals surface area contributed by atoms with Gasteiger partial charge in [-0.3, -0.25) is 14.3 Å². The molecule has 2 fully saturated rings. The highest BCUT2D eigenvalue weighted by Gasteiger charge is 2.49. The number of nitrogens with one attached hydrogen (secondary N) is 1. The van der Waals surface area contributed by atoms with Crippen molar-refractivity contribution >= 4 is 64.4 Å². The molecule has 2 aliphatic rings. The van der Waals surface area contributed by atoms with Crippen LogP contribution in [0.1, 0.15) is 18.0 Å². The molecule has 0 aromatic carbocycles. The number of nitrogens with zero attached hydrogens (tertiary/aromatic N) is 9. The van der Waals surface area contributed by atoms with Crippen LogP contribution >= 0.6 is 18.5 Å². The van der Waals surface area contributed by atoms with Gasteiger partial charge in [0.2, 0.25) is 5.95 Å². The quantitative estimate of drug-likeness (QED) is 0.0963. The van der Waals surface area contributed by atoms with Gasteiger partial charge in [0, 0.05) is 6.42 Å². The molecule has 4 aromatic heterocycles. The number of thioether (sulfide) groups is 1. The Hall–Kier alpha value is -2.92. The molecule has 6 rings (SSSR count). The second-order valence-electron chi connectivity index (χ2n) is 9.13. The van der Waals surface area contributed by atoms with Crippen molar-refractivity contribution in [1.29, 1.82) is 0 Å². The Balaban J connectivity index is 1.17. The molecule has 20 nitrogen and oxygen atoms in total. The fourth-order valence-corrected chi connectivity index (χ4v) is 7.45. The average Bonchev–Trinajstić information content (AvgIpc) is 3.69. The molecule has 4 aromatic rings. The number of fused-ring (bicyclic) bond motifs is 2. The summed E-state index contributed by atoms with van der Waals surface area (Å²) in [7, 11) is 0. The lowest BCUT2D eigenvalue weighted by molar-refractivity contribution is -0.0495. The topological polar surface area (TPSA) is 294 Å². The van der Waals surface area contributed by atoms with Crippen LogP contribution < -0.4 is 17.0 Å². The van der Waals surface area contributed by atoms with Gasteiger partial charge in [0.05, 0.1) is 30.7 Å². The monoisotopic (exact) mass is 630 g/mol. The molecular formula is C18H23N12O8PS2. The van der Waals surface area contributed by atoms with Crippen LogP contribution in [-0.4, -0.2) is 113 Å². The number of aromatic nitrogens is 10. The van der Waals surface area contributed by atoms with Gasteiger partial charge < -0.3 is 40.9 Å². The SMILES string of the molecule is Nc1nc2c(nnn2[C@@H]2S[C@H](CO)[C@@H](O)[C@H]2OP(O)(=S)OC[C@H]2O[C@@H](n3nnc4c(N)ncnc43)C[C@@H]2O)c(=O)[nH]1. The smallest absolute Gasteiger partial charge is 0.325 e. The maximum absolute atomic E-state index is 12.2. The Morgan fingerprint density at radius 2 is 1.95 bits per heavy atom. The summed E-state index contributed by atoms with van der Waals surface area (Å²) in [5.41, 5.74) is 11.3. The lowest BCUT2D eigenvalue weighted by atomic mass is 10.1. The fraction of sp³-hybridized carbons (Fsp3) is 0.556. The number of nitrogens with two attached hydrogens (primary N) is 2. The maximum atomic E-state index is 12.2. The number of rotatable bonds is 8. The Bertz CT molecular complexity index is 1700. The minimum atomic E-state index is -4.10. The van der Waals surface area contributed by atoms with Gasteiger partial charge in [0.25, 0.3) is 5.56 Å². The second kappa shape index (κ2) is 10.7. The molecule has 0 bridgehead atoms. The summed E-state index contributed by atoms with van der Waals surface area (Å²) in [4.78, 5) is 37.4. The molecule has 0 amide bonds. The number of aliphatic hydroxyl groups is 3. The summed E-state index contributed by atoms with van der Waals surface area (Å²) in [6, 6.07) is 0. The van der Waals surface area contributed by atoms with Crippen LogP contribution in [0.25, 0.3) is 22.3 Å². The summed E-state index contributed by atoms with van der Waals surface area (Å²) in [6.45, 7) is -4.92. The second-order valence-corrected chi connectivity index (χ2v) is 13.3. The largest absolute Gasteiger partial charge is 0.395 e. The molecule has 0 radical (unpaired) electrons. The Morgan fingerprint density at radius 3 is 2.73 bits per heavy atom. The minimum absolute atomic E-state index is 0.00326. The molecular weight excluding hydrogens is 607 g/mol. The summed E-state index contributed by atoms with van der Waals surface area (Å²) in [5.74, 6) is -0.0543. The first kappa shape index (κ1) is 28.2. The van der Waals surface area contributed by atoms with Crippen molar-refractivity contribution < 1.29 is 34.0 Å². The maximum Gasteiger partial charge on any atom is 0.325 e. The highest BCUT2D eigenvalue weighted by molar-refractivity contribution is 8.07. The van der Waals surface area contributed by atoms with E-state index in [0.29, 0.717) is 5.65 Å². The lowest BCUT2D eigenvalue weighted by Gasteiger charge is -2.27. The summed E-state index contributed by atoms with van der Waals surface area (Å²) < 4.78 is 19.6. The number of hydrogen-bond donors (Lipinski definition) is 7. The van der Waals surface area contributed by atoms with E-state index in [0.717, 1.165) is 11.8 Å². The Kier molecular flexibility index (Phi) is 7.38. The van der Waals surface area contributed by atoms with Gasteiger partial charge in [-0.1, -0.05) is 10.4 Å². The number of ether oxygens (including phenoxy) is 1. The zero-order valence-corrected chi connectivity index (χ0v) is 23.1. The van der Waals surface area contributed by atoms with Crippen LogP contribution in [0.2, 0.25) is 0 Å². The van der Waals surface area contributed by atoms with Crippen molar-refractivity contribution in [2.75, 3.05) is 24.7 Å². The highest BCUT2D eigenvalue weighted by Crippen LogP contribution is 2.53. The van der Waals surface area contributed by atoms with Gasteiger partial charge in [-0.2, -0.15) is 9.67 Å². The molecule has 2 aliphatic heterocycles. The highest BCUT2D eigenvalue weighted by atomic mass is 32.5. The van der Waals surface area contributed by atoms with Crippen molar-refractivity contribution in [3.8, 4) is 0 Å². The van der Waals surface area contributed by atoms with Crippen molar-refractivity contribution in [3.63, 3.8) is 0 Å². The van der Waals surface area contributed by atoms with Crippen molar-refractivity contribution in [2.24, 2.45) is 0 Å². The first-order valence-corrected chi connectivity index (χ1v) is 15.5. The third-order valence-electron chi connectivity index (χ3n) is 6.51. The average molecular weight is 631 g/mol. The van der Waals surface area contributed by atoms with E-state index < -0.39 is 60.2 Å².